The van der Waals surface area contributed by atoms with Crippen LogP contribution in [-0.2, 0) is 5.41 Å². The van der Waals surface area contributed by atoms with Gasteiger partial charge in [0, 0.05) is 5.41 Å². The molecule has 0 aromatic heterocycles. The van der Waals surface area contributed by atoms with Gasteiger partial charge in [0.2, 0.25) is 0 Å². The Balaban J connectivity index is 1.92. The lowest BCUT2D eigenvalue weighted by Crippen LogP contribution is -2.29. The van der Waals surface area contributed by atoms with Crippen molar-refractivity contribution in [2.75, 3.05) is 0 Å². The molecule has 0 radical (unpaired) electrons. The zero-order valence-electron chi connectivity index (χ0n) is 16.2. The zero-order valence-corrected chi connectivity index (χ0v) is 16.2. The van der Waals surface area contributed by atoms with Gasteiger partial charge in [0.25, 0.3) is 0 Å². The second kappa shape index (κ2) is 9.46. The average Bonchev–Trinajstić information content (AvgIpc) is 2.64. The van der Waals surface area contributed by atoms with E-state index >= 15 is 0 Å². The lowest BCUT2D eigenvalue weighted by atomic mass is 9.66. The van der Waals surface area contributed by atoms with Gasteiger partial charge in [-0.2, -0.15) is 0 Å². The van der Waals surface area contributed by atoms with E-state index in [4.69, 9.17) is 0 Å². The third-order valence-electron chi connectivity index (χ3n) is 6.36. The van der Waals surface area contributed by atoms with Crippen LogP contribution < -0.4 is 5.46 Å². The molecule has 1 fully saturated rings. The van der Waals surface area contributed by atoms with E-state index in [9.17, 15) is 0 Å². The summed E-state index contributed by atoms with van der Waals surface area (Å²) in [5.41, 5.74) is 4.80. The highest BCUT2D eigenvalue weighted by Gasteiger charge is 2.34. The van der Waals surface area contributed by atoms with Crippen LogP contribution in [0.3, 0.4) is 0 Å². The van der Waals surface area contributed by atoms with E-state index in [0.717, 1.165) is 0 Å². The van der Waals surface area contributed by atoms with Gasteiger partial charge in [-0.1, -0.05) is 106 Å². The second-order valence-electron chi connectivity index (χ2n) is 8.27. The van der Waals surface area contributed by atoms with Crippen molar-refractivity contribution in [2.24, 2.45) is 0 Å². The van der Waals surface area contributed by atoms with E-state index in [2.05, 4.69) is 50.3 Å². The van der Waals surface area contributed by atoms with Crippen molar-refractivity contribution >= 4 is 13.3 Å². The monoisotopic (exact) mass is 334 g/mol. The third-order valence-corrected chi connectivity index (χ3v) is 6.36. The molecule has 1 aromatic carbocycles. The summed E-state index contributed by atoms with van der Waals surface area (Å²) in [7, 11) is 2.21. The molecule has 0 heterocycles. The Morgan fingerprint density at radius 3 is 1.76 bits per heavy atom. The molecule has 0 bridgehead atoms. The summed E-state index contributed by atoms with van der Waals surface area (Å²) in [6.45, 7) is 0. The molecule has 0 aliphatic heterocycles. The van der Waals surface area contributed by atoms with Crippen LogP contribution in [0.15, 0.2) is 48.1 Å². The minimum Gasteiger partial charge on any atom is -0.0889 e. The molecular formula is C24H35B. The predicted octanol–water partition coefficient (Wildman–Crippen LogP) is 5.76. The molecule has 0 unspecified atom stereocenters. The van der Waals surface area contributed by atoms with Crippen molar-refractivity contribution in [1.29, 1.82) is 0 Å². The number of benzene rings is 1. The Bertz CT molecular complexity index is 567. The van der Waals surface area contributed by atoms with E-state index in [1.165, 1.54) is 88.9 Å². The number of hydrogen-bond donors (Lipinski definition) is 0. The zero-order chi connectivity index (χ0) is 17.4. The number of rotatable bonds is 2. The van der Waals surface area contributed by atoms with E-state index in [1.807, 2.05) is 0 Å². The molecule has 2 aliphatic rings. The first-order valence-corrected chi connectivity index (χ1v) is 10.8. The molecule has 1 heteroatoms. The summed E-state index contributed by atoms with van der Waals surface area (Å²) in [5.74, 6) is 0. The number of allylic oxidation sites excluding steroid dienone is 4. The Labute approximate surface area is 156 Å². The second-order valence-corrected chi connectivity index (χ2v) is 8.27. The topological polar surface area (TPSA) is 0 Å². The van der Waals surface area contributed by atoms with Crippen molar-refractivity contribution in [3.05, 3.63) is 53.6 Å². The van der Waals surface area contributed by atoms with Crippen LogP contribution in [0, 0.1) is 0 Å². The first-order valence-electron chi connectivity index (χ1n) is 10.8. The van der Waals surface area contributed by atoms with Crippen molar-refractivity contribution in [3.8, 4) is 0 Å². The third kappa shape index (κ3) is 4.90. The molecule has 134 valence electrons. The summed E-state index contributed by atoms with van der Waals surface area (Å²) < 4.78 is 0. The largest absolute Gasteiger partial charge is 0.139 e. The highest BCUT2D eigenvalue weighted by Crippen LogP contribution is 2.44. The van der Waals surface area contributed by atoms with Crippen molar-refractivity contribution < 1.29 is 0 Å². The predicted molar refractivity (Wildman–Crippen MR) is 114 cm³/mol. The van der Waals surface area contributed by atoms with Crippen LogP contribution in [-0.4, -0.2) is 7.85 Å². The Morgan fingerprint density at radius 1 is 0.680 bits per heavy atom. The number of hydrogen-bond acceptors (Lipinski definition) is 0. The van der Waals surface area contributed by atoms with Crippen LogP contribution >= 0.6 is 0 Å². The molecule has 0 spiro atoms. The minimum absolute atomic E-state index is 0.254. The van der Waals surface area contributed by atoms with Gasteiger partial charge < -0.3 is 0 Å². The molecule has 0 N–H and O–H groups in total. The summed E-state index contributed by atoms with van der Waals surface area (Å²) in [4.78, 5) is 0. The summed E-state index contributed by atoms with van der Waals surface area (Å²) in [6.07, 6.45) is 25.3. The van der Waals surface area contributed by atoms with E-state index in [1.54, 1.807) is 11.1 Å². The lowest BCUT2D eigenvalue weighted by Gasteiger charge is -2.38. The van der Waals surface area contributed by atoms with Crippen LogP contribution in [0.4, 0.5) is 0 Å². The molecular weight excluding hydrogens is 299 g/mol. The maximum Gasteiger partial charge on any atom is 0.139 e. The first kappa shape index (κ1) is 18.6. The maximum absolute atomic E-state index is 2.55. The van der Waals surface area contributed by atoms with Gasteiger partial charge >= 0.3 is 0 Å². The van der Waals surface area contributed by atoms with Gasteiger partial charge in [-0.3, -0.25) is 0 Å². The quantitative estimate of drug-likeness (QED) is 0.603. The fraction of sp³-hybridized carbons (Fsp3) is 0.583. The highest BCUT2D eigenvalue weighted by atomic mass is 14.4. The molecule has 3 rings (SSSR count). The summed E-state index contributed by atoms with van der Waals surface area (Å²) in [5, 5.41) is 0. The maximum atomic E-state index is 2.55. The molecule has 1 aromatic rings. The molecule has 25 heavy (non-hydrogen) atoms. The molecule has 0 nitrogen and oxygen atoms in total. The molecule has 0 saturated heterocycles. The Morgan fingerprint density at radius 2 is 1.24 bits per heavy atom. The summed E-state index contributed by atoms with van der Waals surface area (Å²) >= 11 is 0. The molecule has 2 aliphatic carbocycles. The lowest BCUT2D eigenvalue weighted by molar-refractivity contribution is 0.380. The summed E-state index contributed by atoms with van der Waals surface area (Å²) in [6, 6.07) is 9.48. The van der Waals surface area contributed by atoms with Gasteiger partial charge in [-0.15, -0.1) is 0 Å². The fourth-order valence-electron chi connectivity index (χ4n) is 4.80. The van der Waals surface area contributed by atoms with Crippen LogP contribution in [0.5, 0.6) is 0 Å². The minimum atomic E-state index is 0.254. The van der Waals surface area contributed by atoms with E-state index in [0.29, 0.717) is 0 Å². The van der Waals surface area contributed by atoms with Crippen LogP contribution in [0.25, 0.3) is 0 Å². The standard InChI is InChI=1S/C24H35B/c25-23-17-15-22(16-18-23)24(21-13-9-8-10-14-21)19-11-6-4-2-1-3-5-7-12-20-24/h9,13-18H,1-8,10-12,19-20,25H2. The van der Waals surface area contributed by atoms with Gasteiger partial charge in [-0.05, 0) is 36.8 Å². The molecule has 1 saturated carbocycles. The molecule has 0 amide bonds. The Hall–Kier alpha value is -1.24. The van der Waals surface area contributed by atoms with Crippen molar-refractivity contribution in [1.82, 2.24) is 0 Å². The highest BCUT2D eigenvalue weighted by molar-refractivity contribution is 6.32. The average molecular weight is 334 g/mol. The SMILES string of the molecule is Bc1ccc(C2(C3=CCCC=C3)CCCCCCCCCCC2)cc1. The molecule has 0 atom stereocenters. The van der Waals surface area contributed by atoms with E-state index < -0.39 is 0 Å². The van der Waals surface area contributed by atoms with Gasteiger partial charge in [0.15, 0.2) is 0 Å². The Kier molecular flexibility index (Phi) is 7.02. The van der Waals surface area contributed by atoms with Gasteiger partial charge in [0.1, 0.15) is 7.85 Å². The van der Waals surface area contributed by atoms with Gasteiger partial charge in [-0.25, -0.2) is 0 Å². The normalized spacial score (nSPS) is 22.5. The van der Waals surface area contributed by atoms with Gasteiger partial charge in [0.05, 0.1) is 0 Å². The van der Waals surface area contributed by atoms with Crippen LogP contribution in [0.1, 0.15) is 89.0 Å². The smallest absolute Gasteiger partial charge is 0.0889 e. The van der Waals surface area contributed by atoms with E-state index in [-0.39, 0.29) is 5.41 Å². The van der Waals surface area contributed by atoms with Crippen molar-refractivity contribution in [2.45, 2.75) is 88.9 Å². The van der Waals surface area contributed by atoms with Crippen molar-refractivity contribution in [3.63, 3.8) is 0 Å². The first-order chi connectivity index (χ1) is 12.3. The van der Waals surface area contributed by atoms with Crippen LogP contribution in [0.2, 0.25) is 0 Å². The fourth-order valence-corrected chi connectivity index (χ4v) is 4.80.